The van der Waals surface area contributed by atoms with E-state index in [9.17, 15) is 9.59 Å². The van der Waals surface area contributed by atoms with Gasteiger partial charge < -0.3 is 29.3 Å². The van der Waals surface area contributed by atoms with Gasteiger partial charge in [-0.25, -0.2) is 14.8 Å². The first kappa shape index (κ1) is 25.0. The minimum absolute atomic E-state index is 0.0373. The van der Waals surface area contributed by atoms with Gasteiger partial charge in [0.05, 0.1) is 25.1 Å². The molecule has 0 spiro atoms. The number of anilines is 1. The highest BCUT2D eigenvalue weighted by Crippen LogP contribution is 2.26. The second kappa shape index (κ2) is 10.6. The second-order valence-electron chi connectivity index (χ2n) is 10.0. The Morgan fingerprint density at radius 3 is 2.60 bits per heavy atom. The van der Waals surface area contributed by atoms with Gasteiger partial charge in [-0.1, -0.05) is 6.08 Å². The Kier molecular flexibility index (Phi) is 7.59. The van der Waals surface area contributed by atoms with Gasteiger partial charge in [-0.15, -0.1) is 0 Å². The van der Waals surface area contributed by atoms with Gasteiger partial charge in [0.25, 0.3) is 0 Å². The fourth-order valence-electron chi connectivity index (χ4n) is 4.43. The summed E-state index contributed by atoms with van der Waals surface area (Å²) in [6, 6.07) is 2.58. The van der Waals surface area contributed by atoms with Crippen LogP contribution < -0.4 is 5.32 Å². The zero-order valence-corrected chi connectivity index (χ0v) is 21.4. The predicted molar refractivity (Wildman–Crippen MR) is 135 cm³/mol. The summed E-state index contributed by atoms with van der Waals surface area (Å²) in [6.07, 6.45) is 6.41. The van der Waals surface area contributed by atoms with Crippen molar-refractivity contribution in [1.82, 2.24) is 29.2 Å². The Labute approximate surface area is 206 Å². The second-order valence-corrected chi connectivity index (χ2v) is 10.0. The van der Waals surface area contributed by atoms with Crippen LogP contribution in [0.3, 0.4) is 0 Å². The molecule has 2 fully saturated rings. The summed E-state index contributed by atoms with van der Waals surface area (Å²) in [5, 5.41) is 3.63. The number of likely N-dealkylation sites (N-methyl/N-ethyl adjacent to an activating group) is 1. The van der Waals surface area contributed by atoms with Crippen LogP contribution in [0.1, 0.15) is 38.4 Å². The van der Waals surface area contributed by atoms with E-state index in [0.29, 0.717) is 26.2 Å². The summed E-state index contributed by atoms with van der Waals surface area (Å²) < 4.78 is 7.70. The van der Waals surface area contributed by atoms with E-state index in [2.05, 4.69) is 33.7 Å². The van der Waals surface area contributed by atoms with Gasteiger partial charge in [0, 0.05) is 43.5 Å². The number of hydrogen-bond acceptors (Lipinski definition) is 7. The van der Waals surface area contributed by atoms with Crippen molar-refractivity contribution in [3.63, 3.8) is 0 Å². The maximum absolute atomic E-state index is 12.6. The van der Waals surface area contributed by atoms with Crippen LogP contribution in [0.25, 0.3) is 11.2 Å². The van der Waals surface area contributed by atoms with Gasteiger partial charge in [0.1, 0.15) is 11.6 Å². The molecule has 2 aromatic rings. The molecule has 0 atom stereocenters. The highest BCUT2D eigenvalue weighted by atomic mass is 16.6. The van der Waals surface area contributed by atoms with E-state index in [1.54, 1.807) is 15.9 Å². The first-order chi connectivity index (χ1) is 16.7. The molecular formula is C25H37N7O3. The molecular weight excluding hydrogens is 446 g/mol. The molecule has 190 valence electrons. The normalized spacial score (nSPS) is 17.6. The number of aryl methyl sites for hydroxylation is 1. The highest BCUT2D eigenvalue weighted by Gasteiger charge is 2.34. The van der Waals surface area contributed by atoms with Crippen LogP contribution in [-0.2, 0) is 9.53 Å². The molecule has 0 unspecified atom stereocenters. The van der Waals surface area contributed by atoms with Crippen LogP contribution in [0.2, 0.25) is 0 Å². The smallest absolute Gasteiger partial charge is 0.410 e. The lowest BCUT2D eigenvalue weighted by Gasteiger charge is -2.39. The van der Waals surface area contributed by atoms with Crippen molar-refractivity contribution in [2.24, 2.45) is 0 Å². The number of piperidine rings is 1. The number of aromatic nitrogens is 3. The van der Waals surface area contributed by atoms with Crippen LogP contribution >= 0.6 is 0 Å². The summed E-state index contributed by atoms with van der Waals surface area (Å²) >= 11 is 0. The van der Waals surface area contributed by atoms with E-state index in [1.807, 2.05) is 44.4 Å². The quantitative estimate of drug-likeness (QED) is 0.605. The molecule has 2 saturated heterocycles. The van der Waals surface area contributed by atoms with Crippen molar-refractivity contribution >= 4 is 28.9 Å². The van der Waals surface area contributed by atoms with Crippen LogP contribution in [0.5, 0.6) is 0 Å². The number of pyridine rings is 1. The Morgan fingerprint density at radius 1 is 1.23 bits per heavy atom. The number of nitrogens with zero attached hydrogens (tertiary/aromatic N) is 6. The summed E-state index contributed by atoms with van der Waals surface area (Å²) in [4.78, 5) is 39.5. The number of carbonyl (C=O) groups is 2. The van der Waals surface area contributed by atoms with Crippen molar-refractivity contribution in [2.75, 3.05) is 52.1 Å². The maximum Gasteiger partial charge on any atom is 0.410 e. The van der Waals surface area contributed by atoms with Gasteiger partial charge in [0.2, 0.25) is 5.91 Å². The van der Waals surface area contributed by atoms with Crippen molar-refractivity contribution in [1.29, 1.82) is 0 Å². The number of nitrogens with one attached hydrogen (secondary N) is 1. The van der Waals surface area contributed by atoms with Crippen LogP contribution in [0, 0.1) is 6.92 Å². The molecule has 0 bridgehead atoms. The van der Waals surface area contributed by atoms with Gasteiger partial charge in [-0.05, 0) is 53.8 Å². The van der Waals surface area contributed by atoms with Crippen molar-refractivity contribution < 1.29 is 14.3 Å². The topological polar surface area (TPSA) is 95.8 Å². The molecule has 2 aliphatic heterocycles. The molecule has 0 radical (unpaired) electrons. The third-order valence-electron chi connectivity index (χ3n) is 6.49. The first-order valence-corrected chi connectivity index (χ1v) is 12.4. The van der Waals surface area contributed by atoms with Gasteiger partial charge in [0.15, 0.2) is 5.65 Å². The summed E-state index contributed by atoms with van der Waals surface area (Å²) in [5.41, 5.74) is 3.72. The number of rotatable bonds is 7. The summed E-state index contributed by atoms with van der Waals surface area (Å²) in [6.45, 7) is 9.13. The molecule has 1 N–H and O–H groups in total. The molecule has 2 amide bonds. The van der Waals surface area contributed by atoms with E-state index in [4.69, 9.17) is 4.74 Å². The number of fused-ring (bicyclic) bond motifs is 1. The monoisotopic (exact) mass is 483 g/mol. The number of likely N-dealkylation sites (tertiary alicyclic amines) is 2. The van der Waals surface area contributed by atoms with E-state index >= 15 is 0 Å². The highest BCUT2D eigenvalue weighted by molar-refractivity contribution is 5.88. The molecule has 35 heavy (non-hydrogen) atoms. The first-order valence-electron chi connectivity index (χ1n) is 12.4. The fourth-order valence-corrected chi connectivity index (χ4v) is 4.43. The van der Waals surface area contributed by atoms with E-state index in [-0.39, 0.29) is 30.2 Å². The van der Waals surface area contributed by atoms with Crippen molar-refractivity contribution in [3.8, 4) is 0 Å². The zero-order chi connectivity index (χ0) is 25.1. The van der Waals surface area contributed by atoms with Crippen molar-refractivity contribution in [3.05, 3.63) is 30.2 Å². The third-order valence-corrected chi connectivity index (χ3v) is 6.49. The summed E-state index contributed by atoms with van der Waals surface area (Å²) in [5.74, 6) is -0.0373. The Hall–Kier alpha value is -3.14. The van der Waals surface area contributed by atoms with E-state index < -0.39 is 0 Å². The average Bonchev–Trinajstić information content (AvgIpc) is 3.20. The Balaban J connectivity index is 1.24. The lowest BCUT2D eigenvalue weighted by molar-refractivity contribution is -0.136. The van der Waals surface area contributed by atoms with E-state index in [1.165, 1.54) is 0 Å². The Bertz CT molecular complexity index is 1080. The number of hydrogen-bond donors (Lipinski definition) is 1. The number of carbonyl (C=O) groups excluding carboxylic acids is 2. The molecule has 4 rings (SSSR count). The molecule has 2 aliphatic rings. The van der Waals surface area contributed by atoms with Gasteiger partial charge >= 0.3 is 6.09 Å². The third kappa shape index (κ3) is 5.93. The molecule has 0 aromatic carbocycles. The molecule has 0 aliphatic carbocycles. The van der Waals surface area contributed by atoms with Gasteiger partial charge in [-0.3, -0.25) is 4.79 Å². The van der Waals surface area contributed by atoms with Crippen LogP contribution in [0.15, 0.2) is 24.5 Å². The van der Waals surface area contributed by atoms with Crippen molar-refractivity contribution in [2.45, 2.75) is 51.8 Å². The fraction of sp³-hybridized carbons (Fsp3) is 0.600. The van der Waals surface area contributed by atoms with E-state index in [0.717, 1.165) is 41.9 Å². The largest absolute Gasteiger partial charge is 0.442 e. The molecule has 10 heteroatoms. The number of ether oxygens (including phenoxy) is 1. The zero-order valence-electron chi connectivity index (χ0n) is 21.4. The lowest BCUT2D eigenvalue weighted by Crippen LogP contribution is -2.56. The SMILES string of the molecule is Cc1cc(NC2CCN(C(=O)OC3CN(C(=O)/C=C/CN(C)C)C3)CC2)c2ncn(C(C)C)c2n1. The Morgan fingerprint density at radius 2 is 1.94 bits per heavy atom. The lowest BCUT2D eigenvalue weighted by atomic mass is 10.0. The number of imidazole rings is 1. The standard InChI is InChI=1S/C25H37N7O3/c1-17(2)32-16-26-23-21(13-18(3)27-24(23)32)28-19-8-11-30(12-9-19)25(34)35-20-14-31(15-20)22(33)7-6-10-29(4)5/h6-7,13,16-17,19-20H,8-12,14-15H2,1-5H3,(H,27,28)/b7-6+. The molecule has 0 saturated carbocycles. The summed E-state index contributed by atoms with van der Waals surface area (Å²) in [7, 11) is 3.90. The minimum Gasteiger partial charge on any atom is -0.442 e. The van der Waals surface area contributed by atoms with Gasteiger partial charge in [-0.2, -0.15) is 0 Å². The number of amides is 2. The average molecular weight is 484 g/mol. The maximum atomic E-state index is 12.6. The van der Waals surface area contributed by atoms with Crippen LogP contribution in [0.4, 0.5) is 10.5 Å². The molecule has 4 heterocycles. The predicted octanol–water partition coefficient (Wildman–Crippen LogP) is 2.66. The minimum atomic E-state index is -0.290. The molecule has 2 aromatic heterocycles. The van der Waals surface area contributed by atoms with Crippen LogP contribution in [-0.4, -0.2) is 100 Å². The molecule has 10 nitrogen and oxygen atoms in total.